The van der Waals surface area contributed by atoms with Crippen LogP contribution in [-0.4, -0.2) is 49.1 Å². The number of benzene rings is 4. The standard InChI is InChI=1S/C36H40N2.2ClH/c1-5-15-33(16-6-1)23-29-37(30-24-34-17-7-2-8-18-34)27-13-14-28-38(31-25-35-19-9-3-10-20-35)32-26-36-21-11-4-12-22-36;;/h1-12,15-22H,23-32H2;2*1H. The van der Waals surface area contributed by atoms with Crippen LogP contribution in [0.1, 0.15) is 22.3 Å². The van der Waals surface area contributed by atoms with Gasteiger partial charge in [0.05, 0.1) is 13.1 Å². The second-order valence-corrected chi connectivity index (χ2v) is 9.85. The van der Waals surface area contributed by atoms with Gasteiger partial charge in [0.1, 0.15) is 0 Å². The molecule has 0 atom stereocenters. The van der Waals surface area contributed by atoms with E-state index in [9.17, 15) is 0 Å². The van der Waals surface area contributed by atoms with Crippen molar-refractivity contribution in [1.29, 1.82) is 0 Å². The molecule has 4 aromatic rings. The maximum atomic E-state index is 3.52. The Bertz CT molecular complexity index is 1040. The van der Waals surface area contributed by atoms with Crippen molar-refractivity contribution in [3.05, 3.63) is 144 Å². The number of hydrogen-bond acceptors (Lipinski definition) is 2. The van der Waals surface area contributed by atoms with Crippen molar-refractivity contribution in [2.24, 2.45) is 0 Å². The topological polar surface area (TPSA) is 6.48 Å². The molecule has 0 heterocycles. The van der Waals surface area contributed by atoms with Gasteiger partial charge >= 0.3 is 0 Å². The lowest BCUT2D eigenvalue weighted by atomic mass is 10.1. The third kappa shape index (κ3) is 12.9. The Morgan fingerprint density at radius 2 is 0.575 bits per heavy atom. The van der Waals surface area contributed by atoms with Crippen LogP contribution in [0.15, 0.2) is 121 Å². The summed E-state index contributed by atoms with van der Waals surface area (Å²) in [6.07, 6.45) is 4.21. The average molecular weight is 574 g/mol. The molecule has 40 heavy (non-hydrogen) atoms. The molecule has 0 saturated carbocycles. The first-order valence-corrected chi connectivity index (χ1v) is 13.9. The summed E-state index contributed by atoms with van der Waals surface area (Å²) < 4.78 is 0. The highest BCUT2D eigenvalue weighted by Gasteiger charge is 2.07. The second-order valence-electron chi connectivity index (χ2n) is 9.85. The molecule has 0 fully saturated rings. The van der Waals surface area contributed by atoms with Gasteiger partial charge in [-0.2, -0.15) is 0 Å². The minimum absolute atomic E-state index is 0. The quantitative estimate of drug-likeness (QED) is 0.145. The van der Waals surface area contributed by atoms with Crippen LogP contribution < -0.4 is 0 Å². The van der Waals surface area contributed by atoms with Crippen LogP contribution in [0.2, 0.25) is 0 Å². The van der Waals surface area contributed by atoms with Gasteiger partial charge < -0.3 is 0 Å². The van der Waals surface area contributed by atoms with Gasteiger partial charge in [0.15, 0.2) is 0 Å². The summed E-state index contributed by atoms with van der Waals surface area (Å²) >= 11 is 0. The van der Waals surface area contributed by atoms with Gasteiger partial charge in [-0.15, -0.1) is 24.8 Å². The van der Waals surface area contributed by atoms with E-state index in [4.69, 9.17) is 0 Å². The Hall–Kier alpha value is -3.06. The maximum Gasteiger partial charge on any atom is 0.0602 e. The molecule has 0 aliphatic heterocycles. The molecule has 0 aliphatic rings. The van der Waals surface area contributed by atoms with Crippen molar-refractivity contribution >= 4 is 24.8 Å². The van der Waals surface area contributed by atoms with Gasteiger partial charge in [0.2, 0.25) is 0 Å². The number of halogens is 2. The molecule has 0 spiro atoms. The largest absolute Gasteiger partial charge is 0.292 e. The van der Waals surface area contributed by atoms with Crippen LogP contribution in [0, 0.1) is 11.8 Å². The van der Waals surface area contributed by atoms with Gasteiger partial charge in [-0.05, 0) is 47.9 Å². The van der Waals surface area contributed by atoms with E-state index in [0.29, 0.717) is 0 Å². The van der Waals surface area contributed by atoms with E-state index < -0.39 is 0 Å². The molecule has 0 radical (unpaired) electrons. The summed E-state index contributed by atoms with van der Waals surface area (Å²) in [4.78, 5) is 5.01. The van der Waals surface area contributed by atoms with E-state index in [-0.39, 0.29) is 24.8 Å². The van der Waals surface area contributed by atoms with Gasteiger partial charge in [-0.1, -0.05) is 133 Å². The molecule has 0 saturated heterocycles. The van der Waals surface area contributed by atoms with E-state index in [1.807, 2.05) is 0 Å². The van der Waals surface area contributed by atoms with Gasteiger partial charge in [0.25, 0.3) is 0 Å². The van der Waals surface area contributed by atoms with Crippen LogP contribution in [0.3, 0.4) is 0 Å². The number of nitrogens with zero attached hydrogens (tertiary/aromatic N) is 2. The van der Waals surface area contributed by atoms with Gasteiger partial charge in [0, 0.05) is 26.2 Å². The van der Waals surface area contributed by atoms with E-state index in [2.05, 4.69) is 143 Å². The lowest BCUT2D eigenvalue weighted by molar-refractivity contribution is 0.310. The Balaban J connectivity index is 0.00000280. The molecule has 210 valence electrons. The Morgan fingerprint density at radius 1 is 0.350 bits per heavy atom. The molecule has 0 aromatic heterocycles. The first-order chi connectivity index (χ1) is 18.8. The molecular weight excluding hydrogens is 531 g/mol. The highest BCUT2D eigenvalue weighted by atomic mass is 35.5. The smallest absolute Gasteiger partial charge is 0.0602 e. The predicted octanol–water partition coefficient (Wildman–Crippen LogP) is 7.41. The van der Waals surface area contributed by atoms with Gasteiger partial charge in [-0.25, -0.2) is 0 Å². The molecule has 4 aromatic carbocycles. The second kappa shape index (κ2) is 19.9. The average Bonchev–Trinajstić information content (AvgIpc) is 2.99. The molecule has 0 aliphatic carbocycles. The number of rotatable bonds is 14. The van der Waals surface area contributed by atoms with Crippen LogP contribution in [0.4, 0.5) is 0 Å². The summed E-state index contributed by atoms with van der Waals surface area (Å²) in [7, 11) is 0. The summed E-state index contributed by atoms with van der Waals surface area (Å²) in [6.45, 7) is 5.72. The molecule has 0 unspecified atom stereocenters. The molecule has 4 heteroatoms. The van der Waals surface area contributed by atoms with Crippen LogP contribution >= 0.6 is 24.8 Å². The van der Waals surface area contributed by atoms with E-state index in [1.54, 1.807) is 0 Å². The fraction of sp³-hybridized carbons (Fsp3) is 0.278. The highest BCUT2D eigenvalue weighted by molar-refractivity contribution is 5.85. The zero-order valence-corrected chi connectivity index (χ0v) is 25.0. The van der Waals surface area contributed by atoms with Crippen molar-refractivity contribution in [2.75, 3.05) is 39.3 Å². The zero-order chi connectivity index (χ0) is 26.1. The lowest BCUT2D eigenvalue weighted by Crippen LogP contribution is -2.30. The monoisotopic (exact) mass is 572 g/mol. The van der Waals surface area contributed by atoms with Crippen LogP contribution in [-0.2, 0) is 25.7 Å². The Kier molecular flexibility index (Phi) is 16.5. The molecular formula is C36H42Cl2N2. The van der Waals surface area contributed by atoms with Crippen molar-refractivity contribution in [3.8, 4) is 11.8 Å². The van der Waals surface area contributed by atoms with Crippen molar-refractivity contribution in [2.45, 2.75) is 25.7 Å². The molecule has 2 nitrogen and oxygen atoms in total. The third-order valence-corrected chi connectivity index (χ3v) is 6.97. The zero-order valence-electron chi connectivity index (χ0n) is 23.3. The SMILES string of the molecule is C(#CCN(CCc1ccccc1)CCc1ccccc1)CN(CCc1ccccc1)CCc1ccccc1.Cl.Cl. The molecule has 0 N–H and O–H groups in total. The first-order valence-electron chi connectivity index (χ1n) is 13.9. The summed E-state index contributed by atoms with van der Waals surface area (Å²) in [5.74, 6) is 7.04. The van der Waals surface area contributed by atoms with Gasteiger partial charge in [-0.3, -0.25) is 9.80 Å². The third-order valence-electron chi connectivity index (χ3n) is 6.97. The highest BCUT2D eigenvalue weighted by Crippen LogP contribution is 2.06. The minimum atomic E-state index is 0. The van der Waals surface area contributed by atoms with Crippen molar-refractivity contribution in [1.82, 2.24) is 9.80 Å². The Labute approximate surface area is 254 Å². The van der Waals surface area contributed by atoms with E-state index >= 15 is 0 Å². The van der Waals surface area contributed by atoms with E-state index in [1.165, 1.54) is 22.3 Å². The predicted molar refractivity (Wildman–Crippen MR) is 176 cm³/mol. The van der Waals surface area contributed by atoms with Crippen molar-refractivity contribution < 1.29 is 0 Å². The van der Waals surface area contributed by atoms with Crippen LogP contribution in [0.25, 0.3) is 0 Å². The first kappa shape index (κ1) is 33.1. The maximum absolute atomic E-state index is 3.52. The minimum Gasteiger partial charge on any atom is -0.292 e. The lowest BCUT2D eigenvalue weighted by Gasteiger charge is -2.21. The number of hydrogen-bond donors (Lipinski definition) is 0. The Morgan fingerprint density at radius 3 is 0.800 bits per heavy atom. The summed E-state index contributed by atoms with van der Waals surface area (Å²) in [5, 5.41) is 0. The molecule has 4 rings (SSSR count). The molecule has 0 bridgehead atoms. The fourth-order valence-electron chi connectivity index (χ4n) is 4.60. The van der Waals surface area contributed by atoms with Crippen LogP contribution in [0.5, 0.6) is 0 Å². The summed E-state index contributed by atoms with van der Waals surface area (Å²) in [6, 6.07) is 43.1. The van der Waals surface area contributed by atoms with Crippen molar-refractivity contribution in [3.63, 3.8) is 0 Å². The fourth-order valence-corrected chi connectivity index (χ4v) is 4.60. The van der Waals surface area contributed by atoms with E-state index in [0.717, 1.165) is 65.0 Å². The molecule has 0 amide bonds. The summed E-state index contributed by atoms with van der Waals surface area (Å²) in [5.41, 5.74) is 5.55. The normalized spacial score (nSPS) is 10.3.